The summed E-state index contributed by atoms with van der Waals surface area (Å²) in [7, 11) is -1.20. The van der Waals surface area contributed by atoms with Gasteiger partial charge in [0.2, 0.25) is 0 Å². The van der Waals surface area contributed by atoms with Gasteiger partial charge in [-0.1, -0.05) is 0 Å². The molecule has 1 aromatic carbocycles. The van der Waals surface area contributed by atoms with Crippen LogP contribution in [-0.4, -0.2) is 20.0 Å². The highest BCUT2D eigenvalue weighted by molar-refractivity contribution is 7.87. The molecule has 1 aromatic rings. The lowest BCUT2D eigenvalue weighted by Gasteiger charge is -2.18. The number of carbonyl (C=O) groups is 1. The van der Waals surface area contributed by atoms with Crippen LogP contribution in [-0.2, 0) is 11.0 Å². The Morgan fingerprint density at radius 3 is 2.12 bits per heavy atom. The van der Waals surface area contributed by atoms with Crippen LogP contribution in [0.3, 0.4) is 0 Å². The topological polar surface area (TPSA) is 66.4 Å². The molecule has 4 nitrogen and oxygen atoms in total. The van der Waals surface area contributed by atoms with Crippen molar-refractivity contribution >= 4 is 22.6 Å². The Kier molecular flexibility index (Phi) is 3.70. The lowest BCUT2D eigenvalue weighted by molar-refractivity contribution is 0.0697. The van der Waals surface area contributed by atoms with Crippen LogP contribution < -0.4 is 4.72 Å². The summed E-state index contributed by atoms with van der Waals surface area (Å²) in [4.78, 5) is 10.6. The van der Waals surface area contributed by atoms with Crippen molar-refractivity contribution in [2.45, 2.75) is 25.5 Å². The van der Waals surface area contributed by atoms with Crippen LogP contribution in [0.5, 0.6) is 0 Å². The van der Waals surface area contributed by atoms with Crippen molar-refractivity contribution in [2.75, 3.05) is 4.72 Å². The first-order chi connectivity index (χ1) is 7.30. The molecule has 0 saturated carbocycles. The van der Waals surface area contributed by atoms with Crippen LogP contribution >= 0.6 is 0 Å². The fraction of sp³-hybridized carbons (Fsp3) is 0.364. The zero-order valence-corrected chi connectivity index (χ0v) is 10.3. The Hall–Kier alpha value is -1.36. The molecule has 0 aliphatic carbocycles. The summed E-state index contributed by atoms with van der Waals surface area (Å²) in [6, 6.07) is 6.16. The van der Waals surface area contributed by atoms with Crippen LogP contribution in [0.2, 0.25) is 0 Å². The highest BCUT2D eigenvalue weighted by Gasteiger charge is 2.19. The second-order valence-corrected chi connectivity index (χ2v) is 6.33. The maximum Gasteiger partial charge on any atom is 0.335 e. The van der Waals surface area contributed by atoms with E-state index < -0.39 is 17.0 Å². The molecule has 0 aliphatic heterocycles. The molecular weight excluding hydrogens is 226 g/mol. The van der Waals surface area contributed by atoms with E-state index in [4.69, 9.17) is 5.11 Å². The fourth-order valence-electron chi connectivity index (χ4n) is 0.941. The molecule has 1 unspecified atom stereocenters. The lowest BCUT2D eigenvalue weighted by Crippen LogP contribution is -2.27. The van der Waals surface area contributed by atoms with Crippen molar-refractivity contribution in [3.8, 4) is 0 Å². The van der Waals surface area contributed by atoms with Gasteiger partial charge in [-0.15, -0.1) is 0 Å². The largest absolute Gasteiger partial charge is 0.478 e. The first kappa shape index (κ1) is 12.7. The second kappa shape index (κ2) is 4.65. The molecule has 0 heterocycles. The van der Waals surface area contributed by atoms with Gasteiger partial charge in [0.05, 0.1) is 10.3 Å². The Balaban J connectivity index is 2.77. The fourth-order valence-corrected chi connectivity index (χ4v) is 1.60. The van der Waals surface area contributed by atoms with Gasteiger partial charge in [0.15, 0.2) is 0 Å². The minimum absolute atomic E-state index is 0.215. The Bertz CT molecular complexity index is 406. The van der Waals surface area contributed by atoms with E-state index in [1.807, 2.05) is 20.8 Å². The van der Waals surface area contributed by atoms with Crippen LogP contribution in [0.15, 0.2) is 24.3 Å². The summed E-state index contributed by atoms with van der Waals surface area (Å²) in [5.74, 6) is -0.969. The smallest absolute Gasteiger partial charge is 0.335 e. The van der Waals surface area contributed by atoms with Crippen LogP contribution in [0.1, 0.15) is 31.1 Å². The summed E-state index contributed by atoms with van der Waals surface area (Å²) in [6.45, 7) is 5.59. The number of hydrogen-bond donors (Lipinski definition) is 2. The Morgan fingerprint density at radius 2 is 1.75 bits per heavy atom. The SMILES string of the molecule is CC(C)(C)S(=O)Nc1ccc(C(=O)O)cc1. The molecule has 0 spiro atoms. The third-order valence-corrected chi connectivity index (χ3v) is 3.43. The van der Waals surface area contributed by atoms with Crippen LogP contribution in [0.25, 0.3) is 0 Å². The maximum atomic E-state index is 11.7. The number of hydrogen-bond acceptors (Lipinski definition) is 2. The van der Waals surface area contributed by atoms with E-state index in [9.17, 15) is 9.00 Å². The molecule has 1 rings (SSSR count). The van der Waals surface area contributed by atoms with Crippen LogP contribution in [0.4, 0.5) is 5.69 Å². The minimum Gasteiger partial charge on any atom is -0.478 e. The molecule has 5 heteroatoms. The molecule has 0 saturated heterocycles. The standard InChI is InChI=1S/C11H15NO3S/c1-11(2,3)16(15)12-9-6-4-8(5-7-9)10(13)14/h4-7,12H,1-3H3,(H,13,14). The third kappa shape index (κ3) is 3.34. The Morgan fingerprint density at radius 1 is 1.25 bits per heavy atom. The van der Waals surface area contributed by atoms with E-state index in [1.54, 1.807) is 12.1 Å². The van der Waals surface area contributed by atoms with Gasteiger partial charge in [0.1, 0.15) is 11.0 Å². The zero-order chi connectivity index (χ0) is 12.3. The summed E-state index contributed by atoms with van der Waals surface area (Å²) in [5, 5.41) is 8.71. The van der Waals surface area contributed by atoms with Gasteiger partial charge in [0.25, 0.3) is 0 Å². The molecule has 0 aliphatic rings. The normalized spacial score (nSPS) is 13.2. The van der Waals surface area contributed by atoms with Crippen molar-refractivity contribution in [3.63, 3.8) is 0 Å². The van der Waals surface area contributed by atoms with Crippen molar-refractivity contribution in [1.82, 2.24) is 0 Å². The van der Waals surface area contributed by atoms with Gasteiger partial charge in [-0.3, -0.25) is 0 Å². The number of rotatable bonds is 3. The predicted octanol–water partition coefficient (Wildman–Crippen LogP) is 2.26. The highest BCUT2D eigenvalue weighted by Crippen LogP contribution is 2.16. The predicted molar refractivity (Wildman–Crippen MR) is 64.9 cm³/mol. The second-order valence-electron chi connectivity index (χ2n) is 4.37. The number of nitrogens with one attached hydrogen (secondary N) is 1. The molecule has 0 aromatic heterocycles. The average Bonchev–Trinajstić information content (AvgIpc) is 2.17. The van der Waals surface area contributed by atoms with E-state index in [-0.39, 0.29) is 10.3 Å². The van der Waals surface area contributed by atoms with E-state index in [0.29, 0.717) is 5.69 Å². The number of aromatic carboxylic acids is 1. The highest BCUT2D eigenvalue weighted by atomic mass is 32.2. The van der Waals surface area contributed by atoms with Crippen molar-refractivity contribution < 1.29 is 14.1 Å². The van der Waals surface area contributed by atoms with E-state index in [2.05, 4.69) is 4.72 Å². The third-order valence-electron chi connectivity index (χ3n) is 1.90. The lowest BCUT2D eigenvalue weighted by atomic mass is 10.2. The van der Waals surface area contributed by atoms with E-state index >= 15 is 0 Å². The van der Waals surface area contributed by atoms with Crippen molar-refractivity contribution in [2.24, 2.45) is 0 Å². The van der Waals surface area contributed by atoms with Crippen molar-refractivity contribution in [3.05, 3.63) is 29.8 Å². The molecule has 0 radical (unpaired) electrons. The number of anilines is 1. The summed E-state index contributed by atoms with van der Waals surface area (Å²) in [5.41, 5.74) is 0.866. The molecule has 0 bridgehead atoms. The quantitative estimate of drug-likeness (QED) is 0.853. The van der Waals surface area contributed by atoms with Gasteiger partial charge >= 0.3 is 5.97 Å². The summed E-state index contributed by atoms with van der Waals surface area (Å²) >= 11 is 0. The summed E-state index contributed by atoms with van der Waals surface area (Å²) in [6.07, 6.45) is 0. The van der Waals surface area contributed by atoms with E-state index in [0.717, 1.165) is 0 Å². The first-order valence-corrected chi connectivity index (χ1v) is 5.97. The van der Waals surface area contributed by atoms with Crippen LogP contribution in [0, 0.1) is 0 Å². The summed E-state index contributed by atoms with van der Waals surface area (Å²) < 4.78 is 14.2. The van der Waals surface area contributed by atoms with Gasteiger partial charge in [-0.25, -0.2) is 9.00 Å². The first-order valence-electron chi connectivity index (χ1n) is 4.82. The molecule has 0 amide bonds. The van der Waals surface area contributed by atoms with Gasteiger partial charge in [-0.05, 0) is 45.0 Å². The van der Waals surface area contributed by atoms with Gasteiger partial charge in [0, 0.05) is 5.69 Å². The zero-order valence-electron chi connectivity index (χ0n) is 9.48. The molecular formula is C11H15NO3S. The number of benzene rings is 1. The molecule has 0 fully saturated rings. The monoisotopic (exact) mass is 241 g/mol. The number of carboxylic acids is 1. The van der Waals surface area contributed by atoms with Crippen molar-refractivity contribution in [1.29, 1.82) is 0 Å². The molecule has 16 heavy (non-hydrogen) atoms. The average molecular weight is 241 g/mol. The molecule has 2 N–H and O–H groups in total. The Labute approximate surface area is 97.3 Å². The minimum atomic E-state index is -1.20. The molecule has 1 atom stereocenters. The number of carboxylic acid groups (broad SMARTS) is 1. The van der Waals surface area contributed by atoms with Gasteiger partial charge < -0.3 is 9.83 Å². The molecule has 88 valence electrons. The maximum absolute atomic E-state index is 11.7. The van der Waals surface area contributed by atoms with Gasteiger partial charge in [-0.2, -0.15) is 0 Å². The van der Waals surface area contributed by atoms with E-state index in [1.165, 1.54) is 12.1 Å².